The Morgan fingerprint density at radius 1 is 1.50 bits per heavy atom. The molecule has 0 spiro atoms. The van der Waals surface area contributed by atoms with Crippen molar-refractivity contribution in [1.29, 1.82) is 0 Å². The van der Waals surface area contributed by atoms with Crippen LogP contribution in [0.15, 0.2) is 12.2 Å². The molecule has 0 aromatic heterocycles. The van der Waals surface area contributed by atoms with E-state index in [1.165, 1.54) is 20.1 Å². The van der Waals surface area contributed by atoms with Crippen molar-refractivity contribution < 1.29 is 24.2 Å². The Balaban J connectivity index is 3.81. The average molecular weight is 174 g/mol. The highest BCUT2D eigenvalue weighted by atomic mass is 16.7. The predicted molar refractivity (Wildman–Crippen MR) is 39.7 cm³/mol. The van der Waals surface area contributed by atoms with Gasteiger partial charge in [0.25, 0.3) is 0 Å². The molecule has 0 aliphatic heterocycles. The molecule has 0 saturated carbocycles. The molecule has 0 radical (unpaired) electrons. The van der Waals surface area contributed by atoms with Crippen LogP contribution in [-0.2, 0) is 14.3 Å². The molecule has 0 aliphatic carbocycles. The first-order chi connectivity index (χ1) is 5.56. The molecule has 5 nitrogen and oxygen atoms in total. The van der Waals surface area contributed by atoms with E-state index in [1.54, 1.807) is 0 Å². The van der Waals surface area contributed by atoms with Crippen molar-refractivity contribution in [2.45, 2.75) is 13.0 Å². The van der Waals surface area contributed by atoms with E-state index in [4.69, 9.17) is 5.11 Å². The van der Waals surface area contributed by atoms with E-state index in [1.807, 2.05) is 0 Å². The number of carbonyl (C=O) groups excluding carboxylic acids is 1. The SMILES string of the molecule is COC(=O)OC(C)/C=C/C(=O)O. The van der Waals surface area contributed by atoms with E-state index >= 15 is 0 Å². The highest BCUT2D eigenvalue weighted by Gasteiger charge is 2.05. The minimum atomic E-state index is -1.09. The van der Waals surface area contributed by atoms with Crippen LogP contribution >= 0.6 is 0 Å². The Kier molecular flexibility index (Phi) is 4.52. The van der Waals surface area contributed by atoms with Gasteiger partial charge in [0, 0.05) is 6.08 Å². The van der Waals surface area contributed by atoms with Crippen molar-refractivity contribution >= 4 is 12.1 Å². The molecular weight excluding hydrogens is 164 g/mol. The number of hydrogen-bond acceptors (Lipinski definition) is 4. The maximum Gasteiger partial charge on any atom is 0.508 e. The molecule has 0 aromatic carbocycles. The van der Waals surface area contributed by atoms with E-state index in [9.17, 15) is 9.59 Å². The molecule has 0 aliphatic rings. The zero-order valence-corrected chi connectivity index (χ0v) is 6.81. The number of rotatable bonds is 3. The van der Waals surface area contributed by atoms with E-state index in [-0.39, 0.29) is 0 Å². The van der Waals surface area contributed by atoms with Gasteiger partial charge in [0.1, 0.15) is 6.10 Å². The molecule has 1 unspecified atom stereocenters. The second kappa shape index (κ2) is 5.17. The smallest absolute Gasteiger partial charge is 0.478 e. The van der Waals surface area contributed by atoms with Gasteiger partial charge in [-0.25, -0.2) is 9.59 Å². The molecule has 0 aromatic rings. The van der Waals surface area contributed by atoms with Gasteiger partial charge in [0.15, 0.2) is 0 Å². The molecule has 1 atom stereocenters. The largest absolute Gasteiger partial charge is 0.508 e. The van der Waals surface area contributed by atoms with Crippen LogP contribution in [0.25, 0.3) is 0 Å². The first-order valence-electron chi connectivity index (χ1n) is 3.22. The van der Waals surface area contributed by atoms with E-state index < -0.39 is 18.2 Å². The zero-order valence-electron chi connectivity index (χ0n) is 6.81. The van der Waals surface area contributed by atoms with Gasteiger partial charge in [-0.15, -0.1) is 0 Å². The van der Waals surface area contributed by atoms with Crippen molar-refractivity contribution in [2.75, 3.05) is 7.11 Å². The minimum Gasteiger partial charge on any atom is -0.478 e. The monoisotopic (exact) mass is 174 g/mol. The lowest BCUT2D eigenvalue weighted by molar-refractivity contribution is -0.131. The van der Waals surface area contributed by atoms with Gasteiger partial charge in [-0.3, -0.25) is 0 Å². The fourth-order valence-electron chi connectivity index (χ4n) is 0.457. The van der Waals surface area contributed by atoms with Crippen molar-refractivity contribution in [3.05, 3.63) is 12.2 Å². The zero-order chi connectivity index (χ0) is 9.56. The molecule has 0 saturated heterocycles. The summed E-state index contributed by atoms with van der Waals surface area (Å²) in [5.74, 6) is -1.09. The molecule has 0 heterocycles. The maximum absolute atomic E-state index is 10.4. The molecule has 0 bridgehead atoms. The summed E-state index contributed by atoms with van der Waals surface area (Å²) in [6.45, 7) is 1.52. The van der Waals surface area contributed by atoms with Crippen LogP contribution < -0.4 is 0 Å². The number of ether oxygens (including phenoxy) is 2. The number of carboxylic acids is 1. The standard InChI is InChI=1S/C7H10O5/c1-5(3-4-6(8)9)12-7(10)11-2/h3-5H,1-2H3,(H,8,9)/b4-3+. The summed E-state index contributed by atoms with van der Waals surface area (Å²) in [6.07, 6.45) is 0.693. The highest BCUT2D eigenvalue weighted by Crippen LogP contribution is 1.94. The van der Waals surface area contributed by atoms with E-state index in [2.05, 4.69) is 9.47 Å². The lowest BCUT2D eigenvalue weighted by atomic mass is 10.3. The molecule has 0 rings (SSSR count). The highest BCUT2D eigenvalue weighted by molar-refractivity contribution is 5.79. The second-order valence-electron chi connectivity index (χ2n) is 1.97. The maximum atomic E-state index is 10.4. The van der Waals surface area contributed by atoms with E-state index in [0.717, 1.165) is 6.08 Å². The van der Waals surface area contributed by atoms with E-state index in [0.29, 0.717) is 0 Å². The lowest BCUT2D eigenvalue weighted by Crippen LogP contribution is -2.12. The van der Waals surface area contributed by atoms with Gasteiger partial charge >= 0.3 is 12.1 Å². The molecule has 68 valence electrons. The molecule has 12 heavy (non-hydrogen) atoms. The van der Waals surface area contributed by atoms with Gasteiger partial charge in [-0.2, -0.15) is 0 Å². The van der Waals surface area contributed by atoms with Gasteiger partial charge < -0.3 is 14.6 Å². The third-order valence-electron chi connectivity index (χ3n) is 0.959. The number of carbonyl (C=O) groups is 2. The van der Waals surface area contributed by atoms with Gasteiger partial charge in [-0.05, 0) is 13.0 Å². The first kappa shape index (κ1) is 10.5. The molecular formula is C7H10O5. The Morgan fingerprint density at radius 2 is 2.08 bits per heavy atom. The van der Waals surface area contributed by atoms with Crippen LogP contribution in [0, 0.1) is 0 Å². The van der Waals surface area contributed by atoms with Crippen LogP contribution in [0.3, 0.4) is 0 Å². The summed E-state index contributed by atoms with van der Waals surface area (Å²) in [7, 11) is 1.18. The van der Waals surface area contributed by atoms with Gasteiger partial charge in [0.2, 0.25) is 0 Å². The number of aliphatic carboxylic acids is 1. The fraction of sp³-hybridized carbons (Fsp3) is 0.429. The molecule has 1 N–H and O–H groups in total. The van der Waals surface area contributed by atoms with Crippen LogP contribution in [0.2, 0.25) is 0 Å². The van der Waals surface area contributed by atoms with Crippen molar-refractivity contribution in [1.82, 2.24) is 0 Å². The molecule has 5 heteroatoms. The first-order valence-corrected chi connectivity index (χ1v) is 3.22. The predicted octanol–water partition coefficient (Wildman–Crippen LogP) is 0.799. The quantitative estimate of drug-likeness (QED) is 0.506. The Labute approximate surface area is 69.6 Å². The fourth-order valence-corrected chi connectivity index (χ4v) is 0.457. The summed E-state index contributed by atoms with van der Waals surface area (Å²) in [4.78, 5) is 20.4. The summed E-state index contributed by atoms with van der Waals surface area (Å²) in [5.41, 5.74) is 0. The second-order valence-corrected chi connectivity index (χ2v) is 1.97. The van der Waals surface area contributed by atoms with Gasteiger partial charge in [-0.1, -0.05) is 0 Å². The minimum absolute atomic E-state index is 0.603. The average Bonchev–Trinajstić information content (AvgIpc) is 2.00. The van der Waals surface area contributed by atoms with Gasteiger partial charge in [0.05, 0.1) is 7.11 Å². The third kappa shape index (κ3) is 5.28. The van der Waals surface area contributed by atoms with Crippen LogP contribution in [0.5, 0.6) is 0 Å². The molecule has 0 fully saturated rings. The lowest BCUT2D eigenvalue weighted by Gasteiger charge is -2.05. The molecule has 0 amide bonds. The number of methoxy groups -OCH3 is 1. The third-order valence-corrected chi connectivity index (χ3v) is 0.959. The van der Waals surface area contributed by atoms with Crippen LogP contribution in [0.4, 0.5) is 4.79 Å². The Morgan fingerprint density at radius 3 is 2.50 bits per heavy atom. The summed E-state index contributed by atoms with van der Waals surface area (Å²) < 4.78 is 8.72. The number of hydrogen-bond donors (Lipinski definition) is 1. The van der Waals surface area contributed by atoms with Crippen molar-refractivity contribution in [2.24, 2.45) is 0 Å². The Bertz CT molecular complexity index is 196. The number of carboxylic acid groups (broad SMARTS) is 1. The summed E-state index contributed by atoms with van der Waals surface area (Å²) >= 11 is 0. The van der Waals surface area contributed by atoms with Crippen molar-refractivity contribution in [3.8, 4) is 0 Å². The topological polar surface area (TPSA) is 72.8 Å². The van der Waals surface area contributed by atoms with Crippen molar-refractivity contribution in [3.63, 3.8) is 0 Å². The van der Waals surface area contributed by atoms with Crippen LogP contribution in [0.1, 0.15) is 6.92 Å². The Hall–Kier alpha value is -1.52. The summed E-state index contributed by atoms with van der Waals surface area (Å²) in [5, 5.41) is 8.20. The summed E-state index contributed by atoms with van der Waals surface area (Å²) in [6, 6.07) is 0. The normalized spacial score (nSPS) is 12.5. The van der Waals surface area contributed by atoms with Crippen LogP contribution in [-0.4, -0.2) is 30.4 Å².